The molecule has 0 unspecified atom stereocenters. The average molecular weight is 281 g/mol. The maximum atomic E-state index is 5.94. The highest BCUT2D eigenvalue weighted by atomic mass is 35.5. The summed E-state index contributed by atoms with van der Waals surface area (Å²) in [4.78, 5) is 4.50. The van der Waals surface area contributed by atoms with Crippen molar-refractivity contribution >= 4 is 17.3 Å². The van der Waals surface area contributed by atoms with E-state index in [0.717, 1.165) is 33.1 Å². The van der Waals surface area contributed by atoms with Gasteiger partial charge in [0.25, 0.3) is 0 Å². The SMILES string of the molecule is Nc1ccc(-c2cccnc2-c2ccc(Cl)cc2)cc1. The van der Waals surface area contributed by atoms with Gasteiger partial charge in [-0.3, -0.25) is 4.98 Å². The molecule has 0 aliphatic rings. The third kappa shape index (κ3) is 2.51. The van der Waals surface area contributed by atoms with Gasteiger partial charge in [0.2, 0.25) is 0 Å². The second kappa shape index (κ2) is 5.35. The standard InChI is InChI=1S/C17H13ClN2/c18-14-7-3-13(4-8-14)17-16(2-1-11-20-17)12-5-9-15(19)10-6-12/h1-11H,19H2. The Labute approximate surface area is 122 Å². The van der Waals surface area contributed by atoms with Crippen molar-refractivity contribution in [1.82, 2.24) is 4.98 Å². The highest BCUT2D eigenvalue weighted by Crippen LogP contribution is 2.31. The molecule has 0 aliphatic heterocycles. The summed E-state index contributed by atoms with van der Waals surface area (Å²) < 4.78 is 0. The van der Waals surface area contributed by atoms with Gasteiger partial charge in [-0.05, 0) is 35.9 Å². The first-order valence-corrected chi connectivity index (χ1v) is 6.69. The average Bonchev–Trinajstić information content (AvgIpc) is 2.49. The van der Waals surface area contributed by atoms with Crippen LogP contribution in [0.4, 0.5) is 5.69 Å². The summed E-state index contributed by atoms with van der Waals surface area (Å²) in [6, 6.07) is 19.5. The molecule has 3 aromatic rings. The number of nitrogens with two attached hydrogens (primary N) is 1. The van der Waals surface area contributed by atoms with Gasteiger partial charge < -0.3 is 5.73 Å². The second-order valence-electron chi connectivity index (χ2n) is 4.53. The first-order chi connectivity index (χ1) is 9.74. The first kappa shape index (κ1) is 12.7. The van der Waals surface area contributed by atoms with Crippen LogP contribution < -0.4 is 5.73 Å². The summed E-state index contributed by atoms with van der Waals surface area (Å²) in [5.41, 5.74) is 10.7. The van der Waals surface area contributed by atoms with E-state index >= 15 is 0 Å². The van der Waals surface area contributed by atoms with Crippen LogP contribution in [0.5, 0.6) is 0 Å². The molecule has 1 heterocycles. The van der Waals surface area contributed by atoms with Crippen LogP contribution in [0.2, 0.25) is 5.02 Å². The zero-order valence-corrected chi connectivity index (χ0v) is 11.5. The van der Waals surface area contributed by atoms with Crippen molar-refractivity contribution in [2.45, 2.75) is 0 Å². The lowest BCUT2D eigenvalue weighted by atomic mass is 9.99. The van der Waals surface area contributed by atoms with Gasteiger partial charge in [-0.1, -0.05) is 41.9 Å². The molecule has 0 aliphatic carbocycles. The van der Waals surface area contributed by atoms with Crippen LogP contribution >= 0.6 is 11.6 Å². The van der Waals surface area contributed by atoms with Crippen LogP contribution in [0.1, 0.15) is 0 Å². The fraction of sp³-hybridized carbons (Fsp3) is 0. The Balaban J connectivity index is 2.13. The van der Waals surface area contributed by atoms with Gasteiger partial charge in [-0.25, -0.2) is 0 Å². The summed E-state index contributed by atoms with van der Waals surface area (Å²) >= 11 is 5.94. The predicted octanol–water partition coefficient (Wildman–Crippen LogP) is 4.65. The number of rotatable bonds is 2. The zero-order valence-electron chi connectivity index (χ0n) is 10.8. The molecule has 0 spiro atoms. The molecule has 2 aromatic carbocycles. The monoisotopic (exact) mass is 280 g/mol. The fourth-order valence-corrected chi connectivity index (χ4v) is 2.26. The number of anilines is 1. The lowest BCUT2D eigenvalue weighted by molar-refractivity contribution is 1.32. The molecular formula is C17H13ClN2. The molecule has 0 bridgehead atoms. The normalized spacial score (nSPS) is 10.4. The number of nitrogen functional groups attached to an aromatic ring is 1. The van der Waals surface area contributed by atoms with Crippen molar-refractivity contribution in [3.63, 3.8) is 0 Å². The lowest BCUT2D eigenvalue weighted by Crippen LogP contribution is -1.89. The Morgan fingerprint density at radius 3 is 2.15 bits per heavy atom. The maximum absolute atomic E-state index is 5.94. The van der Waals surface area contributed by atoms with Crippen LogP contribution in [0, 0.1) is 0 Å². The van der Waals surface area contributed by atoms with Crippen LogP contribution in [-0.4, -0.2) is 4.98 Å². The van der Waals surface area contributed by atoms with Gasteiger partial charge in [0, 0.05) is 28.0 Å². The molecule has 0 atom stereocenters. The molecule has 3 heteroatoms. The van der Waals surface area contributed by atoms with Gasteiger partial charge in [0.15, 0.2) is 0 Å². The van der Waals surface area contributed by atoms with Gasteiger partial charge in [-0.15, -0.1) is 0 Å². The number of halogens is 1. The third-order valence-corrected chi connectivity index (χ3v) is 3.40. The van der Waals surface area contributed by atoms with Crippen molar-refractivity contribution in [3.8, 4) is 22.4 Å². The van der Waals surface area contributed by atoms with Crippen molar-refractivity contribution in [1.29, 1.82) is 0 Å². The number of hydrogen-bond donors (Lipinski definition) is 1. The molecule has 3 rings (SSSR count). The fourth-order valence-electron chi connectivity index (χ4n) is 2.14. The van der Waals surface area contributed by atoms with Gasteiger partial charge in [0.1, 0.15) is 0 Å². The minimum Gasteiger partial charge on any atom is -0.399 e. The van der Waals surface area contributed by atoms with E-state index in [0.29, 0.717) is 0 Å². The van der Waals surface area contributed by atoms with Crippen molar-refractivity contribution in [2.75, 3.05) is 5.73 Å². The van der Waals surface area contributed by atoms with Crippen LogP contribution in [0.3, 0.4) is 0 Å². The molecule has 0 fully saturated rings. The largest absolute Gasteiger partial charge is 0.399 e. The molecular weight excluding hydrogens is 268 g/mol. The molecule has 0 saturated carbocycles. The van der Waals surface area contributed by atoms with Crippen LogP contribution in [0.15, 0.2) is 66.9 Å². The number of aromatic nitrogens is 1. The summed E-state index contributed by atoms with van der Waals surface area (Å²) in [5.74, 6) is 0. The van der Waals surface area contributed by atoms with Crippen LogP contribution in [-0.2, 0) is 0 Å². The quantitative estimate of drug-likeness (QED) is 0.694. The number of hydrogen-bond acceptors (Lipinski definition) is 2. The van der Waals surface area contributed by atoms with Gasteiger partial charge >= 0.3 is 0 Å². The molecule has 20 heavy (non-hydrogen) atoms. The van der Waals surface area contributed by atoms with E-state index in [4.69, 9.17) is 17.3 Å². The van der Waals surface area contributed by atoms with E-state index < -0.39 is 0 Å². The number of nitrogens with zero attached hydrogens (tertiary/aromatic N) is 1. The molecule has 0 radical (unpaired) electrons. The van der Waals surface area contributed by atoms with E-state index in [9.17, 15) is 0 Å². The lowest BCUT2D eigenvalue weighted by Gasteiger charge is -2.09. The summed E-state index contributed by atoms with van der Waals surface area (Å²) in [5, 5.41) is 0.721. The summed E-state index contributed by atoms with van der Waals surface area (Å²) in [6.45, 7) is 0. The van der Waals surface area contributed by atoms with Crippen molar-refractivity contribution in [2.24, 2.45) is 0 Å². The minimum absolute atomic E-state index is 0.721. The van der Waals surface area contributed by atoms with Gasteiger partial charge in [0.05, 0.1) is 5.69 Å². The van der Waals surface area contributed by atoms with E-state index in [-0.39, 0.29) is 0 Å². The van der Waals surface area contributed by atoms with Gasteiger partial charge in [-0.2, -0.15) is 0 Å². The highest BCUT2D eigenvalue weighted by Gasteiger charge is 2.08. The summed E-state index contributed by atoms with van der Waals surface area (Å²) in [7, 11) is 0. The molecule has 0 saturated heterocycles. The Hall–Kier alpha value is -2.32. The zero-order chi connectivity index (χ0) is 13.9. The first-order valence-electron chi connectivity index (χ1n) is 6.31. The maximum Gasteiger partial charge on any atom is 0.0780 e. The van der Waals surface area contributed by atoms with E-state index in [1.807, 2.05) is 54.6 Å². The summed E-state index contributed by atoms with van der Waals surface area (Å²) in [6.07, 6.45) is 1.80. The Bertz CT molecular complexity index is 654. The number of benzene rings is 2. The molecule has 2 N–H and O–H groups in total. The number of pyridine rings is 1. The van der Waals surface area contributed by atoms with E-state index in [1.54, 1.807) is 6.20 Å². The molecule has 0 amide bonds. The van der Waals surface area contributed by atoms with E-state index in [2.05, 4.69) is 11.1 Å². The Kier molecular flexibility index (Phi) is 3.40. The second-order valence-corrected chi connectivity index (χ2v) is 4.96. The Morgan fingerprint density at radius 1 is 0.800 bits per heavy atom. The predicted molar refractivity (Wildman–Crippen MR) is 84.5 cm³/mol. The molecule has 1 aromatic heterocycles. The van der Waals surface area contributed by atoms with Crippen molar-refractivity contribution in [3.05, 3.63) is 71.9 Å². The van der Waals surface area contributed by atoms with E-state index in [1.165, 1.54) is 0 Å². The third-order valence-electron chi connectivity index (χ3n) is 3.15. The van der Waals surface area contributed by atoms with Crippen molar-refractivity contribution < 1.29 is 0 Å². The van der Waals surface area contributed by atoms with Crippen LogP contribution in [0.25, 0.3) is 22.4 Å². The Morgan fingerprint density at radius 2 is 1.45 bits per heavy atom. The highest BCUT2D eigenvalue weighted by molar-refractivity contribution is 6.30. The molecule has 98 valence electrons. The topological polar surface area (TPSA) is 38.9 Å². The minimum atomic E-state index is 0.721. The smallest absolute Gasteiger partial charge is 0.0780 e. The molecule has 2 nitrogen and oxygen atoms in total.